The molecule has 0 radical (unpaired) electrons. The van der Waals surface area contributed by atoms with E-state index in [9.17, 15) is 14.7 Å². The summed E-state index contributed by atoms with van der Waals surface area (Å²) in [6, 6.07) is 4.87. The van der Waals surface area contributed by atoms with Gasteiger partial charge in [0, 0.05) is 13.6 Å². The van der Waals surface area contributed by atoms with Gasteiger partial charge < -0.3 is 14.4 Å². The summed E-state index contributed by atoms with van der Waals surface area (Å²) in [5.74, 6) is 0.770. The number of fused-ring (bicyclic) bond motifs is 1. The highest BCUT2D eigenvalue weighted by Gasteiger charge is 2.16. The second-order valence-electron chi connectivity index (χ2n) is 6.11. The van der Waals surface area contributed by atoms with Crippen LogP contribution in [0, 0.1) is 0 Å². The van der Waals surface area contributed by atoms with E-state index in [1.165, 1.54) is 10.6 Å². The van der Waals surface area contributed by atoms with Crippen molar-refractivity contribution in [3.8, 4) is 11.5 Å². The molecule has 0 saturated heterocycles. The third-order valence-corrected chi connectivity index (χ3v) is 4.12. The van der Waals surface area contributed by atoms with Gasteiger partial charge in [-0.25, -0.2) is 10.2 Å². The fourth-order valence-electron chi connectivity index (χ4n) is 2.81. The summed E-state index contributed by atoms with van der Waals surface area (Å²) < 4.78 is 8.32. The summed E-state index contributed by atoms with van der Waals surface area (Å²) in [7, 11) is 1.54. The number of benzene rings is 1. The van der Waals surface area contributed by atoms with Crippen LogP contribution in [-0.4, -0.2) is 37.0 Å². The van der Waals surface area contributed by atoms with Crippen molar-refractivity contribution in [2.45, 2.75) is 26.8 Å². The number of anilines is 1. The zero-order chi connectivity index (χ0) is 20.3. The van der Waals surface area contributed by atoms with Crippen LogP contribution in [0.1, 0.15) is 25.8 Å². The highest BCUT2D eigenvalue weighted by molar-refractivity contribution is 5.81. The van der Waals surface area contributed by atoms with Gasteiger partial charge in [-0.1, -0.05) is 6.92 Å². The van der Waals surface area contributed by atoms with Crippen LogP contribution in [-0.2, 0) is 13.6 Å². The van der Waals surface area contributed by atoms with Crippen molar-refractivity contribution in [2.24, 2.45) is 12.1 Å². The average Bonchev–Trinajstić information content (AvgIpc) is 3.02. The predicted octanol–water partition coefficient (Wildman–Crippen LogP) is 1.38. The Labute approximate surface area is 160 Å². The Hall–Kier alpha value is -3.56. The molecule has 3 rings (SSSR count). The molecular formula is C18H22N6O4. The number of ether oxygens (including phenoxy) is 1. The van der Waals surface area contributed by atoms with Crippen LogP contribution in [0.25, 0.3) is 11.2 Å². The number of aromatic amines is 1. The molecular weight excluding hydrogens is 364 g/mol. The van der Waals surface area contributed by atoms with Gasteiger partial charge in [0.1, 0.15) is 0 Å². The molecule has 0 aliphatic heterocycles. The number of rotatable bonds is 7. The fourth-order valence-corrected chi connectivity index (χ4v) is 2.81. The lowest BCUT2D eigenvalue weighted by atomic mass is 10.2. The van der Waals surface area contributed by atoms with E-state index in [1.807, 2.05) is 13.8 Å². The molecule has 0 bridgehead atoms. The minimum Gasteiger partial charge on any atom is -0.504 e. The molecule has 0 spiro atoms. The van der Waals surface area contributed by atoms with Gasteiger partial charge >= 0.3 is 5.69 Å². The zero-order valence-corrected chi connectivity index (χ0v) is 15.9. The van der Waals surface area contributed by atoms with E-state index >= 15 is 0 Å². The van der Waals surface area contributed by atoms with Crippen molar-refractivity contribution in [1.82, 2.24) is 19.1 Å². The van der Waals surface area contributed by atoms with Crippen LogP contribution in [0.4, 0.5) is 5.95 Å². The maximum atomic E-state index is 12.3. The van der Waals surface area contributed by atoms with E-state index in [2.05, 4.69) is 20.5 Å². The summed E-state index contributed by atoms with van der Waals surface area (Å²) >= 11 is 0. The molecule has 2 heterocycles. The van der Waals surface area contributed by atoms with E-state index in [1.54, 1.807) is 30.0 Å². The van der Waals surface area contributed by atoms with Gasteiger partial charge in [-0.05, 0) is 37.1 Å². The first-order chi connectivity index (χ1) is 13.5. The fraction of sp³-hybridized carbons (Fsp3) is 0.333. The minimum absolute atomic E-state index is 0.0526. The molecule has 3 N–H and O–H groups in total. The lowest BCUT2D eigenvalue weighted by Gasteiger charge is -2.07. The number of phenolic OH excluding ortho intramolecular Hbond substituents is 1. The van der Waals surface area contributed by atoms with Gasteiger partial charge in [0.2, 0.25) is 5.95 Å². The van der Waals surface area contributed by atoms with Crippen LogP contribution in [0.3, 0.4) is 0 Å². The highest BCUT2D eigenvalue weighted by Crippen LogP contribution is 2.26. The highest BCUT2D eigenvalue weighted by atomic mass is 16.5. The summed E-state index contributed by atoms with van der Waals surface area (Å²) in [6.45, 7) is 4.76. The van der Waals surface area contributed by atoms with Crippen molar-refractivity contribution in [1.29, 1.82) is 0 Å². The molecule has 28 heavy (non-hydrogen) atoms. The van der Waals surface area contributed by atoms with Gasteiger partial charge in [-0.3, -0.25) is 14.3 Å². The second-order valence-corrected chi connectivity index (χ2v) is 6.11. The van der Waals surface area contributed by atoms with Gasteiger partial charge in [-0.2, -0.15) is 10.1 Å². The average molecular weight is 386 g/mol. The SMILES string of the molecule is CCCn1c(N/N=C/c2ccc(O)c(OCC)c2)nc2c1c(=O)[nH]c(=O)n2C. The Kier molecular flexibility index (Phi) is 5.48. The molecule has 2 aromatic heterocycles. The third kappa shape index (κ3) is 3.61. The minimum atomic E-state index is -0.527. The number of nitrogens with zero attached hydrogens (tertiary/aromatic N) is 4. The van der Waals surface area contributed by atoms with E-state index in [4.69, 9.17) is 4.74 Å². The van der Waals surface area contributed by atoms with Crippen molar-refractivity contribution in [2.75, 3.05) is 12.0 Å². The van der Waals surface area contributed by atoms with E-state index in [-0.39, 0.29) is 11.4 Å². The molecule has 10 nitrogen and oxygen atoms in total. The summed E-state index contributed by atoms with van der Waals surface area (Å²) in [6.07, 6.45) is 2.31. The first-order valence-corrected chi connectivity index (χ1v) is 8.90. The number of hydrogen-bond acceptors (Lipinski definition) is 7. The van der Waals surface area contributed by atoms with Gasteiger partial charge in [0.15, 0.2) is 22.7 Å². The van der Waals surface area contributed by atoms with Crippen LogP contribution in [0.5, 0.6) is 11.5 Å². The molecule has 0 aliphatic carbocycles. The smallest absolute Gasteiger partial charge is 0.329 e. The van der Waals surface area contributed by atoms with Gasteiger partial charge in [0.05, 0.1) is 12.8 Å². The summed E-state index contributed by atoms with van der Waals surface area (Å²) in [4.78, 5) is 30.7. The van der Waals surface area contributed by atoms with Crippen LogP contribution in [0.15, 0.2) is 32.9 Å². The van der Waals surface area contributed by atoms with Crippen molar-refractivity contribution in [3.63, 3.8) is 0 Å². The molecule has 0 atom stereocenters. The number of aromatic hydroxyl groups is 1. The molecule has 0 unspecified atom stereocenters. The number of imidazole rings is 1. The van der Waals surface area contributed by atoms with Crippen LogP contribution < -0.4 is 21.4 Å². The number of phenols is 1. The molecule has 0 fully saturated rings. The van der Waals surface area contributed by atoms with E-state index in [0.29, 0.717) is 35.9 Å². The molecule has 0 aliphatic rings. The van der Waals surface area contributed by atoms with Crippen molar-refractivity contribution < 1.29 is 9.84 Å². The number of hydrogen-bond donors (Lipinski definition) is 3. The largest absolute Gasteiger partial charge is 0.504 e. The van der Waals surface area contributed by atoms with E-state index < -0.39 is 11.2 Å². The number of H-pyrrole nitrogens is 1. The standard InChI is InChI=1S/C18H22N6O4/c1-4-8-24-14-15(23(3)18(27)21-16(14)26)20-17(24)22-19-10-11-6-7-12(25)13(9-11)28-5-2/h6-7,9-10,25H,4-5,8H2,1-3H3,(H,20,22)(H,21,26,27)/b19-10+. The van der Waals surface area contributed by atoms with Crippen molar-refractivity contribution >= 4 is 23.3 Å². The number of nitrogens with one attached hydrogen (secondary N) is 2. The monoisotopic (exact) mass is 386 g/mol. The first-order valence-electron chi connectivity index (χ1n) is 8.90. The summed E-state index contributed by atoms with van der Waals surface area (Å²) in [5, 5.41) is 13.9. The second kappa shape index (κ2) is 7.99. The summed E-state index contributed by atoms with van der Waals surface area (Å²) in [5.41, 5.74) is 3.11. The van der Waals surface area contributed by atoms with Gasteiger partial charge in [-0.15, -0.1) is 0 Å². The molecule has 3 aromatic rings. The normalized spacial score (nSPS) is 11.4. The van der Waals surface area contributed by atoms with Crippen LogP contribution >= 0.6 is 0 Å². The van der Waals surface area contributed by atoms with Crippen LogP contribution in [0.2, 0.25) is 0 Å². The Balaban J connectivity index is 1.95. The topological polar surface area (TPSA) is 127 Å². The lowest BCUT2D eigenvalue weighted by molar-refractivity contribution is 0.318. The molecule has 148 valence electrons. The molecule has 0 saturated carbocycles. The Morgan fingerprint density at radius 1 is 1.36 bits per heavy atom. The Morgan fingerprint density at radius 3 is 2.86 bits per heavy atom. The Morgan fingerprint density at radius 2 is 2.14 bits per heavy atom. The maximum absolute atomic E-state index is 12.3. The van der Waals surface area contributed by atoms with Gasteiger partial charge in [0.25, 0.3) is 5.56 Å². The predicted molar refractivity (Wildman–Crippen MR) is 106 cm³/mol. The maximum Gasteiger partial charge on any atom is 0.329 e. The Bertz CT molecular complexity index is 1140. The quantitative estimate of drug-likeness (QED) is 0.416. The zero-order valence-electron chi connectivity index (χ0n) is 15.9. The first kappa shape index (κ1) is 19.2. The lowest BCUT2D eigenvalue weighted by Crippen LogP contribution is -2.29. The number of hydrazone groups is 1. The molecule has 0 amide bonds. The number of aryl methyl sites for hydroxylation is 2. The van der Waals surface area contributed by atoms with E-state index in [0.717, 1.165) is 6.42 Å². The molecule has 1 aromatic carbocycles. The van der Waals surface area contributed by atoms with Crippen molar-refractivity contribution in [3.05, 3.63) is 44.6 Å². The molecule has 10 heteroatoms. The number of aromatic nitrogens is 4. The third-order valence-electron chi connectivity index (χ3n) is 4.12.